The number of hydrogen-bond donors (Lipinski definition) is 2. The zero-order valence-electron chi connectivity index (χ0n) is 9.95. The molecule has 0 heterocycles. The van der Waals surface area contributed by atoms with Gasteiger partial charge in [-0.05, 0) is 55.2 Å². The molecule has 0 aliphatic heterocycles. The molecule has 0 radical (unpaired) electrons. The quantitative estimate of drug-likeness (QED) is 0.617. The number of benzene rings is 1. The van der Waals surface area contributed by atoms with E-state index in [1.165, 1.54) is 24.8 Å². The van der Waals surface area contributed by atoms with Crippen LogP contribution in [0.25, 0.3) is 0 Å². The van der Waals surface area contributed by atoms with Gasteiger partial charge in [0.2, 0.25) is 0 Å². The fourth-order valence-electron chi connectivity index (χ4n) is 2.73. The number of hydrogen-bond acceptors (Lipinski definition) is 1. The molecule has 1 aliphatic carbocycles. The van der Waals surface area contributed by atoms with Crippen LogP contribution < -0.4 is 5.73 Å². The summed E-state index contributed by atoms with van der Waals surface area (Å²) >= 11 is 5.89. The van der Waals surface area contributed by atoms with E-state index >= 15 is 0 Å². The number of nitrogens with two attached hydrogens (primary N) is 1. The molecule has 0 bridgehead atoms. The predicted molar refractivity (Wildman–Crippen MR) is 72.7 cm³/mol. The summed E-state index contributed by atoms with van der Waals surface area (Å²) in [5, 5.41) is 8.06. The Morgan fingerprint density at radius 1 is 1.29 bits per heavy atom. The molecule has 1 aromatic carbocycles. The minimum Gasteiger partial charge on any atom is -0.388 e. The Kier molecular flexibility index (Phi) is 4.06. The third-order valence-corrected chi connectivity index (χ3v) is 3.96. The molecule has 0 spiro atoms. The van der Waals surface area contributed by atoms with Crippen LogP contribution in [0.3, 0.4) is 0 Å². The molecule has 0 amide bonds. The van der Waals surface area contributed by atoms with Crippen molar-refractivity contribution in [3.8, 4) is 0 Å². The van der Waals surface area contributed by atoms with Crippen LogP contribution in [0.5, 0.6) is 0 Å². The van der Waals surface area contributed by atoms with Gasteiger partial charge in [-0.3, -0.25) is 5.41 Å². The smallest absolute Gasteiger partial charge is 0.0905 e. The molecular weight excluding hydrogens is 232 g/mol. The summed E-state index contributed by atoms with van der Waals surface area (Å²) in [5.41, 5.74) is 6.80. The highest BCUT2D eigenvalue weighted by Gasteiger charge is 2.25. The zero-order chi connectivity index (χ0) is 12.3. The van der Waals surface area contributed by atoms with Crippen LogP contribution in [-0.4, -0.2) is 5.84 Å². The van der Waals surface area contributed by atoms with Crippen molar-refractivity contribution in [3.05, 3.63) is 34.9 Å². The summed E-state index contributed by atoms with van der Waals surface area (Å²) in [4.78, 5) is 0. The molecule has 2 atom stereocenters. The summed E-state index contributed by atoms with van der Waals surface area (Å²) in [5.74, 6) is 1.73. The minimum atomic E-state index is 0.319. The van der Waals surface area contributed by atoms with Crippen molar-refractivity contribution >= 4 is 17.4 Å². The van der Waals surface area contributed by atoms with Crippen LogP contribution in [0.2, 0.25) is 5.02 Å². The zero-order valence-corrected chi connectivity index (χ0v) is 10.7. The average Bonchev–Trinajstić information content (AvgIpc) is 2.76. The molecule has 1 aliphatic rings. The maximum atomic E-state index is 7.26. The topological polar surface area (TPSA) is 49.9 Å². The largest absolute Gasteiger partial charge is 0.388 e. The van der Waals surface area contributed by atoms with Crippen molar-refractivity contribution in [2.45, 2.75) is 38.0 Å². The summed E-state index contributed by atoms with van der Waals surface area (Å²) in [6, 6.07) is 8.22. The van der Waals surface area contributed by atoms with E-state index in [0.717, 1.165) is 23.8 Å². The van der Waals surface area contributed by atoms with Gasteiger partial charge < -0.3 is 5.73 Å². The highest BCUT2D eigenvalue weighted by Crippen LogP contribution is 2.40. The highest BCUT2D eigenvalue weighted by atomic mass is 35.5. The van der Waals surface area contributed by atoms with Crippen molar-refractivity contribution in [3.63, 3.8) is 0 Å². The molecular formula is C14H19ClN2. The maximum absolute atomic E-state index is 7.26. The first-order chi connectivity index (χ1) is 8.15. The molecule has 3 N–H and O–H groups in total. The first-order valence-corrected chi connectivity index (χ1v) is 6.61. The van der Waals surface area contributed by atoms with Crippen molar-refractivity contribution in [2.24, 2.45) is 11.7 Å². The monoisotopic (exact) mass is 250 g/mol. The Bertz CT molecular complexity index is 386. The minimum absolute atomic E-state index is 0.319. The van der Waals surface area contributed by atoms with Crippen LogP contribution in [0.4, 0.5) is 0 Å². The summed E-state index contributed by atoms with van der Waals surface area (Å²) < 4.78 is 0. The van der Waals surface area contributed by atoms with E-state index in [1.54, 1.807) is 0 Å². The van der Waals surface area contributed by atoms with Gasteiger partial charge >= 0.3 is 0 Å². The molecule has 2 nitrogen and oxygen atoms in total. The van der Waals surface area contributed by atoms with Crippen molar-refractivity contribution < 1.29 is 0 Å². The standard InChI is InChI=1S/C14H19ClN2/c15-13-6-4-11(5-7-13)12-3-1-10(9-12)2-8-14(16)17/h4-7,10,12H,1-3,8-9H2,(H3,16,17)/t10?,12-/m0/s1. The predicted octanol–water partition coefficient (Wildman–Crippen LogP) is 3.94. The molecule has 1 saturated carbocycles. The summed E-state index contributed by atoms with van der Waals surface area (Å²) in [7, 11) is 0. The first kappa shape index (κ1) is 12.4. The van der Waals surface area contributed by atoms with Gasteiger partial charge in [0.25, 0.3) is 0 Å². The van der Waals surface area contributed by atoms with Gasteiger partial charge in [0.1, 0.15) is 0 Å². The number of halogens is 1. The van der Waals surface area contributed by atoms with Crippen LogP contribution >= 0.6 is 11.6 Å². The van der Waals surface area contributed by atoms with Gasteiger partial charge in [0.15, 0.2) is 0 Å². The van der Waals surface area contributed by atoms with Crippen molar-refractivity contribution in [2.75, 3.05) is 0 Å². The Labute approximate surface area is 108 Å². The number of nitrogens with one attached hydrogen (secondary N) is 1. The summed E-state index contributed by atoms with van der Waals surface area (Å²) in [6.45, 7) is 0. The van der Waals surface area contributed by atoms with Crippen LogP contribution in [-0.2, 0) is 0 Å². The second-order valence-corrected chi connectivity index (χ2v) is 5.43. The SMILES string of the molecule is N=C(N)CCC1CC[C@H](c2ccc(Cl)cc2)C1. The van der Waals surface area contributed by atoms with Crippen LogP contribution in [0.15, 0.2) is 24.3 Å². The fraction of sp³-hybridized carbons (Fsp3) is 0.500. The van der Waals surface area contributed by atoms with E-state index in [9.17, 15) is 0 Å². The first-order valence-electron chi connectivity index (χ1n) is 6.23. The van der Waals surface area contributed by atoms with E-state index in [1.807, 2.05) is 12.1 Å². The second-order valence-electron chi connectivity index (χ2n) is 4.99. The molecule has 92 valence electrons. The lowest BCUT2D eigenvalue weighted by molar-refractivity contribution is 0.505. The van der Waals surface area contributed by atoms with Gasteiger partial charge in [-0.15, -0.1) is 0 Å². The number of amidine groups is 1. The van der Waals surface area contributed by atoms with Gasteiger partial charge in [-0.1, -0.05) is 23.7 Å². The van der Waals surface area contributed by atoms with Gasteiger partial charge in [-0.2, -0.15) is 0 Å². The molecule has 0 saturated heterocycles. The molecule has 3 heteroatoms. The Hall–Kier alpha value is -1.02. The molecule has 17 heavy (non-hydrogen) atoms. The molecule has 2 rings (SSSR count). The normalized spacial score (nSPS) is 23.8. The van der Waals surface area contributed by atoms with E-state index < -0.39 is 0 Å². The van der Waals surface area contributed by atoms with E-state index in [4.69, 9.17) is 22.7 Å². The molecule has 1 unspecified atom stereocenters. The van der Waals surface area contributed by atoms with Gasteiger partial charge in [0, 0.05) is 11.4 Å². The van der Waals surface area contributed by atoms with E-state index in [0.29, 0.717) is 11.8 Å². The molecule has 1 fully saturated rings. The lowest BCUT2D eigenvalue weighted by atomic mass is 9.95. The third-order valence-electron chi connectivity index (χ3n) is 3.70. The van der Waals surface area contributed by atoms with E-state index in [-0.39, 0.29) is 0 Å². The van der Waals surface area contributed by atoms with Crippen molar-refractivity contribution in [1.29, 1.82) is 5.41 Å². The Morgan fingerprint density at radius 3 is 2.65 bits per heavy atom. The Morgan fingerprint density at radius 2 is 2.00 bits per heavy atom. The van der Waals surface area contributed by atoms with Crippen molar-refractivity contribution in [1.82, 2.24) is 0 Å². The van der Waals surface area contributed by atoms with Gasteiger partial charge in [0.05, 0.1) is 5.84 Å². The average molecular weight is 251 g/mol. The number of rotatable bonds is 4. The third kappa shape index (κ3) is 3.47. The highest BCUT2D eigenvalue weighted by molar-refractivity contribution is 6.30. The Balaban J connectivity index is 1.89. The molecule has 0 aromatic heterocycles. The van der Waals surface area contributed by atoms with Crippen LogP contribution in [0, 0.1) is 11.3 Å². The maximum Gasteiger partial charge on any atom is 0.0905 e. The van der Waals surface area contributed by atoms with E-state index in [2.05, 4.69) is 12.1 Å². The lowest BCUT2D eigenvalue weighted by Crippen LogP contribution is -2.10. The summed E-state index contributed by atoms with van der Waals surface area (Å²) in [6.07, 6.45) is 5.57. The fourth-order valence-corrected chi connectivity index (χ4v) is 2.86. The second kappa shape index (κ2) is 5.54. The van der Waals surface area contributed by atoms with Crippen LogP contribution in [0.1, 0.15) is 43.6 Å². The molecule has 1 aromatic rings. The lowest BCUT2D eigenvalue weighted by Gasteiger charge is -2.11. The van der Waals surface area contributed by atoms with Gasteiger partial charge in [-0.25, -0.2) is 0 Å².